The fourth-order valence-corrected chi connectivity index (χ4v) is 7.67. The smallest absolute Gasteiger partial charge is 0.0494 e. The summed E-state index contributed by atoms with van der Waals surface area (Å²) in [5, 5.41) is 0. The molecule has 3 aliphatic rings. The lowest BCUT2D eigenvalue weighted by Gasteiger charge is -2.13. The minimum Gasteiger partial charge on any atom is -0.314 e. The maximum Gasteiger partial charge on any atom is 0.0494 e. The number of hydrogen-bond acceptors (Lipinski definition) is 0. The molecule has 0 fully saturated rings. The summed E-state index contributed by atoms with van der Waals surface area (Å²) in [5.74, 6) is 13.4. The molecule has 2 heterocycles. The predicted octanol–water partition coefficient (Wildman–Crippen LogP) is 10.2. The molecular formula is C46H40N2. The van der Waals surface area contributed by atoms with Crippen molar-refractivity contribution < 1.29 is 0 Å². The average Bonchev–Trinajstić information content (AvgIpc) is 3.62. The van der Waals surface area contributed by atoms with Crippen LogP contribution in [0, 0.1) is 30.6 Å². The van der Waals surface area contributed by atoms with Gasteiger partial charge in [0.15, 0.2) is 0 Å². The summed E-state index contributed by atoms with van der Waals surface area (Å²) in [7, 11) is 0. The Kier molecular flexibility index (Phi) is 8.10. The Morgan fingerprint density at radius 1 is 0.500 bits per heavy atom. The molecule has 234 valence electrons. The molecule has 48 heavy (non-hydrogen) atoms. The first kappa shape index (κ1) is 29.9. The molecule has 3 aliphatic carbocycles. The van der Waals surface area contributed by atoms with Gasteiger partial charge >= 0.3 is 0 Å². The Balaban J connectivity index is 0.961. The van der Waals surface area contributed by atoms with Gasteiger partial charge in [-0.3, -0.25) is 0 Å². The molecule has 0 N–H and O–H groups in total. The van der Waals surface area contributed by atoms with Crippen LogP contribution in [0.4, 0.5) is 0 Å². The Hall–Kier alpha value is -5.44. The van der Waals surface area contributed by atoms with E-state index in [-0.39, 0.29) is 0 Å². The molecule has 0 saturated heterocycles. The van der Waals surface area contributed by atoms with E-state index in [0.717, 1.165) is 67.2 Å². The fourth-order valence-electron chi connectivity index (χ4n) is 7.67. The number of allylic oxidation sites excluding steroid dienone is 3. The molecule has 2 heteroatoms. The largest absolute Gasteiger partial charge is 0.314 e. The zero-order chi connectivity index (χ0) is 32.5. The highest BCUT2D eigenvalue weighted by Gasteiger charge is 2.23. The van der Waals surface area contributed by atoms with Crippen LogP contribution >= 0.6 is 0 Å². The van der Waals surface area contributed by atoms with Gasteiger partial charge in [-0.2, -0.15) is 0 Å². The Morgan fingerprint density at radius 3 is 1.31 bits per heavy atom. The van der Waals surface area contributed by atoms with Gasteiger partial charge < -0.3 is 9.13 Å². The van der Waals surface area contributed by atoms with Crippen molar-refractivity contribution in [1.82, 2.24) is 9.13 Å². The van der Waals surface area contributed by atoms with Gasteiger partial charge in [0, 0.05) is 56.4 Å². The number of nitrogens with zero attached hydrogens (tertiary/aromatic N) is 2. The summed E-state index contributed by atoms with van der Waals surface area (Å²) in [6, 6.07) is 25.6. The van der Waals surface area contributed by atoms with E-state index in [1.54, 1.807) is 0 Å². The minimum atomic E-state index is 0.986. The molecule has 8 rings (SSSR count). The fraction of sp³-hybridized carbons (Fsp3) is 0.217. The highest BCUT2D eigenvalue weighted by atomic mass is 15.0. The van der Waals surface area contributed by atoms with Crippen LogP contribution in [-0.4, -0.2) is 9.13 Å². The lowest BCUT2D eigenvalue weighted by atomic mass is 9.94. The van der Waals surface area contributed by atoms with Crippen LogP contribution in [0.2, 0.25) is 0 Å². The average molecular weight is 621 g/mol. The van der Waals surface area contributed by atoms with Crippen molar-refractivity contribution in [2.24, 2.45) is 0 Å². The Bertz CT molecular complexity index is 2180. The highest BCUT2D eigenvalue weighted by Crippen LogP contribution is 2.36. The standard InChI is InChI=1S/C46H40N2/c1-3-10-40-33(2)47(44-14-7-4-11-41(40)44)38-29-25-36(26-30-38)23-21-34-17-19-35(20-18-34)22-24-37-27-31-39(32-28-37)48-45-15-8-5-12-42(45)43-13-6-9-16-46(43)48/h7-9,14-20,25-32H,3-6,10-13H2,1-2H3. The van der Waals surface area contributed by atoms with Gasteiger partial charge in [-0.15, -0.1) is 0 Å². The van der Waals surface area contributed by atoms with Crippen LogP contribution in [0.15, 0.2) is 91.0 Å². The second-order valence-electron chi connectivity index (χ2n) is 13.1. The molecule has 2 nitrogen and oxygen atoms in total. The van der Waals surface area contributed by atoms with Crippen molar-refractivity contribution in [2.45, 2.75) is 65.2 Å². The summed E-state index contributed by atoms with van der Waals surface area (Å²) in [4.78, 5) is 0. The van der Waals surface area contributed by atoms with E-state index in [9.17, 15) is 0 Å². The van der Waals surface area contributed by atoms with E-state index in [2.05, 4.69) is 156 Å². The first-order valence-corrected chi connectivity index (χ1v) is 17.5. The van der Waals surface area contributed by atoms with Crippen LogP contribution < -0.4 is 0 Å². The van der Waals surface area contributed by atoms with Gasteiger partial charge in [-0.25, -0.2) is 0 Å². The van der Waals surface area contributed by atoms with E-state index in [4.69, 9.17) is 0 Å². The number of fused-ring (bicyclic) bond motifs is 4. The third-order valence-corrected chi connectivity index (χ3v) is 10.00. The van der Waals surface area contributed by atoms with Crippen LogP contribution in [0.25, 0.3) is 29.6 Å². The van der Waals surface area contributed by atoms with Crippen LogP contribution in [-0.2, 0) is 25.7 Å². The third kappa shape index (κ3) is 5.59. The molecule has 0 spiro atoms. The second-order valence-corrected chi connectivity index (χ2v) is 13.1. The highest BCUT2D eigenvalue weighted by molar-refractivity contribution is 5.69. The van der Waals surface area contributed by atoms with Gasteiger partial charge in [-0.1, -0.05) is 55.3 Å². The van der Waals surface area contributed by atoms with E-state index in [0.29, 0.717) is 0 Å². The van der Waals surface area contributed by atoms with Crippen LogP contribution in [0.3, 0.4) is 0 Å². The van der Waals surface area contributed by atoms with Crippen LogP contribution in [0.5, 0.6) is 0 Å². The lowest BCUT2D eigenvalue weighted by Crippen LogP contribution is -2.02. The summed E-state index contributed by atoms with van der Waals surface area (Å²) < 4.78 is 4.86. The van der Waals surface area contributed by atoms with Crippen molar-refractivity contribution in [3.63, 3.8) is 0 Å². The summed E-state index contributed by atoms with van der Waals surface area (Å²) in [6.07, 6.45) is 23.0. The molecule has 0 aliphatic heterocycles. The van der Waals surface area contributed by atoms with Crippen molar-refractivity contribution in [2.75, 3.05) is 0 Å². The van der Waals surface area contributed by atoms with Gasteiger partial charge in [0.1, 0.15) is 0 Å². The summed E-state index contributed by atoms with van der Waals surface area (Å²) in [5.41, 5.74) is 18.0. The maximum absolute atomic E-state index is 3.36. The number of benzene rings is 3. The molecule has 0 unspecified atom stereocenters. The van der Waals surface area contributed by atoms with Crippen molar-refractivity contribution in [3.05, 3.63) is 158 Å². The van der Waals surface area contributed by atoms with Gasteiger partial charge in [-0.05, 0) is 165 Å². The monoisotopic (exact) mass is 620 g/mol. The third-order valence-electron chi connectivity index (χ3n) is 10.00. The Morgan fingerprint density at radius 2 is 0.875 bits per heavy atom. The topological polar surface area (TPSA) is 9.86 Å². The number of aromatic nitrogens is 2. The summed E-state index contributed by atoms with van der Waals surface area (Å²) in [6.45, 7) is 4.54. The van der Waals surface area contributed by atoms with E-state index < -0.39 is 0 Å². The zero-order valence-corrected chi connectivity index (χ0v) is 27.9. The van der Waals surface area contributed by atoms with Gasteiger partial charge in [0.25, 0.3) is 0 Å². The molecular weight excluding hydrogens is 581 g/mol. The quantitative estimate of drug-likeness (QED) is 0.177. The van der Waals surface area contributed by atoms with Gasteiger partial charge in [0.05, 0.1) is 0 Å². The molecule has 0 radical (unpaired) electrons. The normalized spacial score (nSPS) is 14.0. The minimum absolute atomic E-state index is 0.986. The molecule has 0 amide bonds. The summed E-state index contributed by atoms with van der Waals surface area (Å²) >= 11 is 0. The first-order chi connectivity index (χ1) is 23.7. The second kappa shape index (κ2) is 13.0. The number of hydrogen-bond donors (Lipinski definition) is 0. The molecule has 3 aromatic carbocycles. The van der Waals surface area contributed by atoms with Gasteiger partial charge in [0.2, 0.25) is 0 Å². The predicted molar refractivity (Wildman–Crippen MR) is 201 cm³/mol. The van der Waals surface area contributed by atoms with E-state index in [1.807, 2.05) is 0 Å². The molecule has 0 saturated carbocycles. The molecule has 2 aromatic heterocycles. The van der Waals surface area contributed by atoms with Crippen LogP contribution in [0.1, 0.15) is 99.9 Å². The first-order valence-electron chi connectivity index (χ1n) is 17.5. The lowest BCUT2D eigenvalue weighted by molar-refractivity contribution is 0.878. The number of rotatable bonds is 4. The molecule has 0 bridgehead atoms. The van der Waals surface area contributed by atoms with Crippen molar-refractivity contribution in [1.29, 1.82) is 0 Å². The van der Waals surface area contributed by atoms with Crippen molar-refractivity contribution >= 4 is 18.2 Å². The van der Waals surface area contributed by atoms with E-state index in [1.165, 1.54) is 62.8 Å². The van der Waals surface area contributed by atoms with Crippen molar-refractivity contribution in [3.8, 4) is 35.1 Å². The zero-order valence-electron chi connectivity index (χ0n) is 27.9. The molecule has 0 atom stereocenters. The van der Waals surface area contributed by atoms with E-state index >= 15 is 0 Å². The molecule has 5 aromatic rings. The SMILES string of the molecule is CCCc1c2c(n(-c3ccc(C#Cc4ccc(C#Cc5ccc(-n6c7c(c8c6C=CCC8)CCC=C7)cc5)cc4)cc3)c1C)C=CCC2. The maximum atomic E-state index is 3.36. The Labute approximate surface area is 285 Å².